The van der Waals surface area contributed by atoms with Gasteiger partial charge in [-0.3, -0.25) is 0 Å². The Morgan fingerprint density at radius 3 is 3.29 bits per heavy atom. The van der Waals surface area contributed by atoms with Crippen LogP contribution in [0.1, 0.15) is 12.8 Å². The van der Waals surface area contributed by atoms with E-state index in [9.17, 15) is 5.11 Å². The summed E-state index contributed by atoms with van der Waals surface area (Å²) in [7, 11) is 0. The van der Waals surface area contributed by atoms with Gasteiger partial charge >= 0.3 is 0 Å². The van der Waals surface area contributed by atoms with Crippen LogP contribution in [0.5, 0.6) is 0 Å². The number of aromatic nitrogens is 1. The van der Waals surface area contributed by atoms with Gasteiger partial charge in [0.05, 0.1) is 11.6 Å². The standard InChI is InChI=1S/C13H16N2O2/c16-9-10-2-1-6-15(8-10)13-11-4-7-17-12(11)3-5-14-13/h3-5,7,10,16H,1-2,6,8-9H2. The lowest BCUT2D eigenvalue weighted by Gasteiger charge is -2.32. The Bertz CT molecular complexity index is 509. The maximum atomic E-state index is 9.26. The number of furan rings is 1. The molecule has 1 N–H and O–H groups in total. The molecule has 1 aliphatic rings. The van der Waals surface area contributed by atoms with Gasteiger partial charge in [-0.1, -0.05) is 0 Å². The molecule has 0 aromatic carbocycles. The minimum atomic E-state index is 0.262. The van der Waals surface area contributed by atoms with E-state index >= 15 is 0 Å². The number of hydrogen-bond acceptors (Lipinski definition) is 4. The number of nitrogens with zero attached hydrogens (tertiary/aromatic N) is 2. The number of anilines is 1. The first-order chi connectivity index (χ1) is 8.38. The number of pyridine rings is 1. The van der Waals surface area contributed by atoms with Crippen LogP contribution in [0, 0.1) is 5.92 Å². The molecule has 0 aliphatic carbocycles. The molecule has 4 nitrogen and oxygen atoms in total. The average molecular weight is 232 g/mol. The molecule has 3 heterocycles. The second-order valence-electron chi connectivity index (χ2n) is 4.60. The Labute approximate surface area is 99.9 Å². The summed E-state index contributed by atoms with van der Waals surface area (Å²) in [6.07, 6.45) is 5.70. The van der Waals surface area contributed by atoms with Crippen LogP contribution in [0.25, 0.3) is 11.0 Å². The topological polar surface area (TPSA) is 49.5 Å². The summed E-state index contributed by atoms with van der Waals surface area (Å²) >= 11 is 0. The van der Waals surface area contributed by atoms with Gasteiger partial charge in [-0.25, -0.2) is 4.98 Å². The minimum Gasteiger partial charge on any atom is -0.464 e. The summed E-state index contributed by atoms with van der Waals surface area (Å²) < 4.78 is 5.39. The van der Waals surface area contributed by atoms with Crippen molar-refractivity contribution in [2.75, 3.05) is 24.6 Å². The molecule has 0 saturated carbocycles. The fraction of sp³-hybridized carbons (Fsp3) is 0.462. The smallest absolute Gasteiger partial charge is 0.139 e. The SMILES string of the molecule is OCC1CCCN(c2nccc3occc23)C1. The molecule has 2 aromatic rings. The van der Waals surface area contributed by atoms with Crippen molar-refractivity contribution < 1.29 is 9.52 Å². The Balaban J connectivity index is 1.94. The number of hydrogen-bond donors (Lipinski definition) is 1. The number of aliphatic hydroxyl groups excluding tert-OH is 1. The third-order valence-corrected chi connectivity index (χ3v) is 3.44. The van der Waals surface area contributed by atoms with Crippen LogP contribution < -0.4 is 4.90 Å². The maximum absolute atomic E-state index is 9.26. The second-order valence-corrected chi connectivity index (χ2v) is 4.60. The summed E-state index contributed by atoms with van der Waals surface area (Å²) in [4.78, 5) is 6.71. The predicted octanol–water partition coefficient (Wildman–Crippen LogP) is 2.04. The molecule has 3 rings (SSSR count). The van der Waals surface area contributed by atoms with Gasteiger partial charge in [0.25, 0.3) is 0 Å². The van der Waals surface area contributed by atoms with Crippen molar-refractivity contribution in [3.8, 4) is 0 Å². The molecule has 1 saturated heterocycles. The third kappa shape index (κ3) is 1.89. The number of fused-ring (bicyclic) bond motifs is 1. The van der Waals surface area contributed by atoms with E-state index in [1.165, 1.54) is 0 Å². The summed E-state index contributed by atoms with van der Waals surface area (Å²) in [6, 6.07) is 3.84. The largest absolute Gasteiger partial charge is 0.464 e. The lowest BCUT2D eigenvalue weighted by Crippen LogP contribution is -2.37. The molecule has 1 fully saturated rings. The van der Waals surface area contributed by atoms with Crippen LogP contribution in [-0.4, -0.2) is 29.8 Å². The van der Waals surface area contributed by atoms with E-state index in [1.54, 1.807) is 12.5 Å². The molecule has 1 atom stereocenters. The van der Waals surface area contributed by atoms with E-state index in [2.05, 4.69) is 9.88 Å². The summed E-state index contributed by atoms with van der Waals surface area (Å²) in [5.41, 5.74) is 0.876. The maximum Gasteiger partial charge on any atom is 0.139 e. The first-order valence-electron chi connectivity index (χ1n) is 6.06. The molecule has 0 amide bonds. The molecular weight excluding hydrogens is 216 g/mol. The molecule has 0 radical (unpaired) electrons. The second kappa shape index (κ2) is 4.37. The van der Waals surface area contributed by atoms with E-state index in [4.69, 9.17) is 4.42 Å². The first-order valence-corrected chi connectivity index (χ1v) is 6.06. The highest BCUT2D eigenvalue weighted by molar-refractivity contribution is 5.88. The Kier molecular flexibility index (Phi) is 2.73. The molecule has 2 aromatic heterocycles. The van der Waals surface area contributed by atoms with E-state index in [1.807, 2.05) is 12.1 Å². The number of rotatable bonds is 2. The van der Waals surface area contributed by atoms with Crippen LogP contribution in [0.3, 0.4) is 0 Å². The van der Waals surface area contributed by atoms with Crippen molar-refractivity contribution in [1.82, 2.24) is 4.98 Å². The van der Waals surface area contributed by atoms with E-state index in [-0.39, 0.29) is 6.61 Å². The van der Waals surface area contributed by atoms with Gasteiger partial charge in [-0.15, -0.1) is 0 Å². The molecule has 4 heteroatoms. The quantitative estimate of drug-likeness (QED) is 0.860. The van der Waals surface area contributed by atoms with Gasteiger partial charge in [-0.05, 0) is 30.9 Å². The van der Waals surface area contributed by atoms with Crippen LogP contribution in [0.4, 0.5) is 5.82 Å². The van der Waals surface area contributed by atoms with Crippen molar-refractivity contribution in [2.45, 2.75) is 12.8 Å². The van der Waals surface area contributed by atoms with Crippen molar-refractivity contribution in [3.05, 3.63) is 24.6 Å². The van der Waals surface area contributed by atoms with E-state index in [0.717, 1.165) is 42.7 Å². The fourth-order valence-corrected chi connectivity index (χ4v) is 2.54. The molecule has 0 bridgehead atoms. The zero-order valence-electron chi connectivity index (χ0n) is 9.67. The third-order valence-electron chi connectivity index (χ3n) is 3.44. The van der Waals surface area contributed by atoms with Crippen LogP contribution in [-0.2, 0) is 0 Å². The molecular formula is C13H16N2O2. The lowest BCUT2D eigenvalue weighted by molar-refractivity contribution is 0.208. The molecule has 1 aliphatic heterocycles. The van der Waals surface area contributed by atoms with Gasteiger partial charge in [-0.2, -0.15) is 0 Å². The van der Waals surface area contributed by atoms with Crippen LogP contribution in [0.2, 0.25) is 0 Å². The van der Waals surface area contributed by atoms with E-state index < -0.39 is 0 Å². The Morgan fingerprint density at radius 2 is 2.41 bits per heavy atom. The fourth-order valence-electron chi connectivity index (χ4n) is 2.54. The molecule has 0 spiro atoms. The van der Waals surface area contributed by atoms with Crippen molar-refractivity contribution in [1.29, 1.82) is 0 Å². The summed E-state index contributed by atoms with van der Waals surface area (Å²) in [6.45, 7) is 2.15. The zero-order valence-corrected chi connectivity index (χ0v) is 9.67. The van der Waals surface area contributed by atoms with Gasteiger partial charge in [0.1, 0.15) is 11.4 Å². The van der Waals surface area contributed by atoms with Gasteiger partial charge < -0.3 is 14.4 Å². The lowest BCUT2D eigenvalue weighted by atomic mass is 9.99. The molecule has 1 unspecified atom stereocenters. The molecule has 90 valence electrons. The van der Waals surface area contributed by atoms with Crippen LogP contribution in [0.15, 0.2) is 29.0 Å². The minimum absolute atomic E-state index is 0.262. The number of aliphatic hydroxyl groups is 1. The highest BCUT2D eigenvalue weighted by atomic mass is 16.3. The van der Waals surface area contributed by atoms with E-state index in [0.29, 0.717) is 5.92 Å². The predicted molar refractivity (Wildman–Crippen MR) is 66.0 cm³/mol. The summed E-state index contributed by atoms with van der Waals surface area (Å²) in [5, 5.41) is 10.3. The number of piperidine rings is 1. The van der Waals surface area contributed by atoms with Crippen molar-refractivity contribution >= 4 is 16.8 Å². The van der Waals surface area contributed by atoms with Gasteiger partial charge in [0.15, 0.2) is 0 Å². The van der Waals surface area contributed by atoms with Gasteiger partial charge in [0, 0.05) is 25.9 Å². The summed E-state index contributed by atoms with van der Waals surface area (Å²) in [5.74, 6) is 1.35. The highest BCUT2D eigenvalue weighted by Crippen LogP contribution is 2.28. The Hall–Kier alpha value is -1.55. The average Bonchev–Trinajstić information content (AvgIpc) is 2.87. The van der Waals surface area contributed by atoms with Crippen LogP contribution >= 0.6 is 0 Å². The monoisotopic (exact) mass is 232 g/mol. The molecule has 17 heavy (non-hydrogen) atoms. The van der Waals surface area contributed by atoms with Gasteiger partial charge in [0.2, 0.25) is 0 Å². The van der Waals surface area contributed by atoms with Crippen molar-refractivity contribution in [2.24, 2.45) is 5.92 Å². The highest BCUT2D eigenvalue weighted by Gasteiger charge is 2.21. The normalized spacial score (nSPS) is 21.0. The first kappa shape index (κ1) is 10.6. The zero-order chi connectivity index (χ0) is 11.7. The van der Waals surface area contributed by atoms with Crippen molar-refractivity contribution in [3.63, 3.8) is 0 Å². The Morgan fingerprint density at radius 1 is 1.47 bits per heavy atom.